The van der Waals surface area contributed by atoms with Crippen molar-refractivity contribution in [1.29, 1.82) is 0 Å². The zero-order valence-electron chi connectivity index (χ0n) is 13.6. The minimum Gasteiger partial charge on any atom is -0.343 e. The van der Waals surface area contributed by atoms with Crippen LogP contribution < -0.4 is 0 Å². The summed E-state index contributed by atoms with van der Waals surface area (Å²) in [7, 11) is 0. The fraction of sp³-hybridized carbons (Fsp3) is 0.412. The first kappa shape index (κ1) is 15.4. The van der Waals surface area contributed by atoms with Crippen molar-refractivity contribution in [2.24, 2.45) is 0 Å². The van der Waals surface area contributed by atoms with Crippen LogP contribution >= 0.6 is 11.3 Å². The van der Waals surface area contributed by atoms with Crippen molar-refractivity contribution in [3.63, 3.8) is 0 Å². The molecule has 1 fully saturated rings. The number of aromatic nitrogens is 5. The van der Waals surface area contributed by atoms with Gasteiger partial charge in [0, 0.05) is 48.7 Å². The third kappa shape index (κ3) is 3.09. The lowest BCUT2D eigenvalue weighted by atomic mass is 9.93. The Morgan fingerprint density at radius 2 is 2.12 bits per heavy atom. The third-order valence-corrected chi connectivity index (χ3v) is 5.47. The Morgan fingerprint density at radius 1 is 1.21 bits per heavy atom. The highest BCUT2D eigenvalue weighted by Crippen LogP contribution is 2.31. The molecule has 3 aromatic rings. The van der Waals surface area contributed by atoms with Crippen molar-refractivity contribution in [1.82, 2.24) is 29.8 Å². The van der Waals surface area contributed by atoms with E-state index in [-0.39, 0.29) is 0 Å². The predicted molar refractivity (Wildman–Crippen MR) is 93.7 cm³/mol. The molecular formula is C17H20N6S. The smallest absolute Gasteiger partial charge is 0.157 e. The average Bonchev–Trinajstić information content (AvgIpc) is 3.28. The molecule has 0 bridgehead atoms. The molecule has 3 aromatic heterocycles. The fourth-order valence-electron chi connectivity index (χ4n) is 3.33. The highest BCUT2D eigenvalue weighted by Gasteiger charge is 2.26. The van der Waals surface area contributed by atoms with Crippen LogP contribution in [0.2, 0.25) is 0 Å². The van der Waals surface area contributed by atoms with Crippen LogP contribution in [0, 0.1) is 6.92 Å². The van der Waals surface area contributed by atoms with E-state index < -0.39 is 0 Å². The number of hydrogen-bond donors (Lipinski definition) is 1. The maximum Gasteiger partial charge on any atom is 0.157 e. The van der Waals surface area contributed by atoms with Gasteiger partial charge in [0.15, 0.2) is 5.82 Å². The van der Waals surface area contributed by atoms with Crippen LogP contribution in [0.15, 0.2) is 30.3 Å². The SMILES string of the molecule is Cc1ncsc1CN1CCCC(c2nccnc2-c2ncc[nH]2)C1. The normalized spacial score (nSPS) is 18.8. The highest BCUT2D eigenvalue weighted by molar-refractivity contribution is 7.09. The number of likely N-dealkylation sites (tertiary alicyclic amines) is 1. The molecule has 4 heterocycles. The van der Waals surface area contributed by atoms with Gasteiger partial charge in [0.1, 0.15) is 5.69 Å². The maximum atomic E-state index is 4.65. The summed E-state index contributed by atoms with van der Waals surface area (Å²) in [5.41, 5.74) is 5.02. The summed E-state index contributed by atoms with van der Waals surface area (Å²) in [6, 6.07) is 0. The molecule has 0 spiro atoms. The molecule has 1 N–H and O–H groups in total. The molecule has 0 radical (unpaired) electrons. The van der Waals surface area contributed by atoms with E-state index in [4.69, 9.17) is 0 Å². The van der Waals surface area contributed by atoms with Crippen LogP contribution in [0.5, 0.6) is 0 Å². The molecule has 4 rings (SSSR count). The van der Waals surface area contributed by atoms with E-state index in [2.05, 4.69) is 36.7 Å². The number of rotatable bonds is 4. The number of thiazole rings is 1. The Bertz CT molecular complexity index is 797. The summed E-state index contributed by atoms with van der Waals surface area (Å²) in [6.45, 7) is 5.20. The van der Waals surface area contributed by atoms with Crippen molar-refractivity contribution >= 4 is 11.3 Å². The van der Waals surface area contributed by atoms with Crippen molar-refractivity contribution in [3.8, 4) is 11.5 Å². The Balaban J connectivity index is 1.56. The number of piperidine rings is 1. The largest absolute Gasteiger partial charge is 0.343 e. The number of nitrogens with zero attached hydrogens (tertiary/aromatic N) is 5. The zero-order chi connectivity index (χ0) is 16.4. The lowest BCUT2D eigenvalue weighted by Gasteiger charge is -2.32. The van der Waals surface area contributed by atoms with Crippen molar-refractivity contribution in [3.05, 3.63) is 46.6 Å². The number of aromatic amines is 1. The van der Waals surface area contributed by atoms with Crippen LogP contribution in [-0.2, 0) is 6.54 Å². The van der Waals surface area contributed by atoms with Gasteiger partial charge in [-0.3, -0.25) is 9.88 Å². The first-order valence-corrected chi connectivity index (χ1v) is 9.11. The number of H-pyrrole nitrogens is 1. The second-order valence-corrected chi connectivity index (χ2v) is 7.10. The van der Waals surface area contributed by atoms with E-state index in [1.165, 1.54) is 11.3 Å². The van der Waals surface area contributed by atoms with E-state index in [9.17, 15) is 0 Å². The summed E-state index contributed by atoms with van der Waals surface area (Å²) in [6.07, 6.45) is 9.43. The predicted octanol–water partition coefficient (Wildman–Crippen LogP) is 3.01. The Labute approximate surface area is 145 Å². The lowest BCUT2D eigenvalue weighted by Crippen LogP contribution is -2.34. The van der Waals surface area contributed by atoms with Crippen molar-refractivity contribution < 1.29 is 0 Å². The van der Waals surface area contributed by atoms with Gasteiger partial charge < -0.3 is 4.98 Å². The van der Waals surface area contributed by atoms with E-state index in [1.54, 1.807) is 29.9 Å². The minimum absolute atomic E-state index is 0.390. The van der Waals surface area contributed by atoms with Crippen LogP contribution in [0.25, 0.3) is 11.5 Å². The van der Waals surface area contributed by atoms with E-state index in [1.807, 2.05) is 11.7 Å². The molecule has 0 amide bonds. The van der Waals surface area contributed by atoms with Crippen molar-refractivity contribution in [2.75, 3.05) is 13.1 Å². The molecule has 0 aliphatic carbocycles. The summed E-state index contributed by atoms with van der Waals surface area (Å²) in [5.74, 6) is 1.19. The molecule has 7 heteroatoms. The fourth-order valence-corrected chi connectivity index (χ4v) is 4.15. The summed E-state index contributed by atoms with van der Waals surface area (Å²) >= 11 is 1.75. The van der Waals surface area contributed by atoms with Gasteiger partial charge in [0.2, 0.25) is 0 Å². The standard InChI is InChI=1S/C17H20N6S/c1-12-14(24-11-22-12)10-23-8-2-3-13(9-23)15-16(19-5-4-18-15)17-20-6-7-21-17/h4-7,11,13H,2-3,8-10H2,1H3,(H,20,21). The molecule has 124 valence electrons. The quantitative estimate of drug-likeness (QED) is 0.790. The molecule has 1 atom stereocenters. The lowest BCUT2D eigenvalue weighted by molar-refractivity contribution is 0.199. The molecule has 1 aliphatic heterocycles. The Kier molecular flexibility index (Phi) is 4.36. The maximum absolute atomic E-state index is 4.65. The Morgan fingerprint density at radius 3 is 2.92 bits per heavy atom. The summed E-state index contributed by atoms with van der Waals surface area (Å²) in [5, 5.41) is 0. The van der Waals surface area contributed by atoms with E-state index >= 15 is 0 Å². The average molecular weight is 340 g/mol. The first-order valence-electron chi connectivity index (χ1n) is 8.23. The molecule has 0 saturated carbocycles. The molecule has 6 nitrogen and oxygen atoms in total. The van der Waals surface area contributed by atoms with Crippen LogP contribution in [-0.4, -0.2) is 42.9 Å². The van der Waals surface area contributed by atoms with Crippen LogP contribution in [0.1, 0.15) is 35.0 Å². The topological polar surface area (TPSA) is 70.6 Å². The number of hydrogen-bond acceptors (Lipinski definition) is 6. The third-order valence-electron chi connectivity index (χ3n) is 4.55. The molecule has 1 aliphatic rings. The van der Waals surface area contributed by atoms with Crippen LogP contribution in [0.3, 0.4) is 0 Å². The van der Waals surface area contributed by atoms with Crippen molar-refractivity contribution in [2.45, 2.75) is 32.2 Å². The molecular weight excluding hydrogens is 320 g/mol. The van der Waals surface area contributed by atoms with Gasteiger partial charge in [-0.2, -0.15) is 0 Å². The van der Waals surface area contributed by atoms with Crippen LogP contribution in [0.4, 0.5) is 0 Å². The van der Waals surface area contributed by atoms with E-state index in [0.29, 0.717) is 5.92 Å². The first-order chi connectivity index (χ1) is 11.8. The van der Waals surface area contributed by atoms with Gasteiger partial charge in [0.25, 0.3) is 0 Å². The van der Waals surface area contributed by atoms with Gasteiger partial charge in [-0.1, -0.05) is 0 Å². The summed E-state index contributed by atoms with van der Waals surface area (Å²) < 4.78 is 0. The van der Waals surface area contributed by atoms with Gasteiger partial charge in [0.05, 0.1) is 16.9 Å². The molecule has 1 saturated heterocycles. The highest BCUT2D eigenvalue weighted by atomic mass is 32.1. The summed E-state index contributed by atoms with van der Waals surface area (Å²) in [4.78, 5) is 24.9. The zero-order valence-corrected chi connectivity index (χ0v) is 14.5. The number of imidazole rings is 1. The molecule has 0 aromatic carbocycles. The van der Waals surface area contributed by atoms with E-state index in [0.717, 1.165) is 49.0 Å². The minimum atomic E-state index is 0.390. The van der Waals surface area contributed by atoms with Gasteiger partial charge >= 0.3 is 0 Å². The molecule has 24 heavy (non-hydrogen) atoms. The second kappa shape index (κ2) is 6.78. The monoisotopic (exact) mass is 340 g/mol. The van der Waals surface area contributed by atoms with Gasteiger partial charge in [-0.05, 0) is 26.3 Å². The van der Waals surface area contributed by atoms with Gasteiger partial charge in [-0.15, -0.1) is 11.3 Å². The number of nitrogens with one attached hydrogen (secondary N) is 1. The second-order valence-electron chi connectivity index (χ2n) is 6.16. The number of aryl methyl sites for hydroxylation is 1. The Hall–Kier alpha value is -2.12. The van der Waals surface area contributed by atoms with Gasteiger partial charge in [-0.25, -0.2) is 15.0 Å². The molecule has 1 unspecified atom stereocenters.